The fraction of sp³-hybridized carbons (Fsp3) is 0.500. The fourth-order valence-electron chi connectivity index (χ4n) is 3.72. The highest BCUT2D eigenvalue weighted by Gasteiger charge is 2.54. The van der Waals surface area contributed by atoms with E-state index in [9.17, 15) is 9.59 Å². The van der Waals surface area contributed by atoms with E-state index in [2.05, 4.69) is 15.4 Å². The quantitative estimate of drug-likeness (QED) is 0.882. The van der Waals surface area contributed by atoms with E-state index >= 15 is 0 Å². The van der Waals surface area contributed by atoms with Gasteiger partial charge >= 0.3 is 6.09 Å². The summed E-state index contributed by atoms with van der Waals surface area (Å²) in [6.45, 7) is 1.81. The second-order valence-electron chi connectivity index (χ2n) is 6.69. The van der Waals surface area contributed by atoms with Gasteiger partial charge in [-0.05, 0) is 42.7 Å². The highest BCUT2D eigenvalue weighted by Crippen LogP contribution is 2.58. The van der Waals surface area contributed by atoms with E-state index in [1.54, 1.807) is 29.0 Å². The van der Waals surface area contributed by atoms with Crippen LogP contribution in [0.3, 0.4) is 0 Å². The molecule has 1 saturated heterocycles. The highest BCUT2D eigenvalue weighted by atomic mass is 16.4. The molecule has 2 amide bonds. The van der Waals surface area contributed by atoms with Crippen LogP contribution in [0.15, 0.2) is 24.5 Å². The van der Waals surface area contributed by atoms with Crippen molar-refractivity contribution in [3.05, 3.63) is 30.2 Å². The summed E-state index contributed by atoms with van der Waals surface area (Å²) in [7, 11) is 0. The zero-order valence-electron chi connectivity index (χ0n) is 13.2. The van der Waals surface area contributed by atoms with Crippen LogP contribution in [0.25, 0.3) is 5.65 Å². The number of hydrogen-bond donors (Lipinski definition) is 2. The summed E-state index contributed by atoms with van der Waals surface area (Å²) in [5.74, 6) is 0.255. The molecule has 1 saturated carbocycles. The second kappa shape index (κ2) is 5.47. The van der Waals surface area contributed by atoms with Crippen LogP contribution in [0.5, 0.6) is 0 Å². The molecule has 2 aliphatic rings. The van der Waals surface area contributed by atoms with Gasteiger partial charge in [0, 0.05) is 32.0 Å². The Morgan fingerprint density at radius 3 is 2.88 bits per heavy atom. The van der Waals surface area contributed by atoms with Gasteiger partial charge in [-0.15, -0.1) is 0 Å². The Morgan fingerprint density at radius 1 is 1.33 bits per heavy atom. The van der Waals surface area contributed by atoms with Crippen LogP contribution in [0.1, 0.15) is 29.8 Å². The molecule has 2 aromatic heterocycles. The van der Waals surface area contributed by atoms with Crippen LogP contribution >= 0.6 is 0 Å². The fourth-order valence-corrected chi connectivity index (χ4v) is 3.72. The lowest BCUT2D eigenvalue weighted by Gasteiger charge is -2.31. The van der Waals surface area contributed by atoms with Gasteiger partial charge in [-0.3, -0.25) is 4.79 Å². The topological polar surface area (TPSA) is 99.8 Å². The van der Waals surface area contributed by atoms with Crippen LogP contribution in [-0.2, 0) is 0 Å². The van der Waals surface area contributed by atoms with Gasteiger partial charge in [0.1, 0.15) is 5.69 Å². The number of fused-ring (bicyclic) bond motifs is 1. The number of piperidine rings is 1. The van der Waals surface area contributed by atoms with E-state index in [1.807, 2.05) is 0 Å². The molecule has 8 nitrogen and oxygen atoms in total. The smallest absolute Gasteiger partial charge is 0.407 e. The summed E-state index contributed by atoms with van der Waals surface area (Å²) in [4.78, 5) is 28.8. The molecule has 8 heteroatoms. The minimum atomic E-state index is -0.837. The van der Waals surface area contributed by atoms with Crippen molar-refractivity contribution in [2.75, 3.05) is 19.6 Å². The van der Waals surface area contributed by atoms with Crippen molar-refractivity contribution in [1.29, 1.82) is 0 Å². The van der Waals surface area contributed by atoms with Crippen molar-refractivity contribution < 1.29 is 14.7 Å². The van der Waals surface area contributed by atoms with Gasteiger partial charge in [0.25, 0.3) is 5.91 Å². The average molecular weight is 329 g/mol. The van der Waals surface area contributed by atoms with E-state index in [0.29, 0.717) is 36.9 Å². The molecule has 1 spiro atoms. The zero-order chi connectivity index (χ0) is 16.7. The van der Waals surface area contributed by atoms with Crippen molar-refractivity contribution in [2.24, 2.45) is 11.3 Å². The first kappa shape index (κ1) is 14.9. The largest absolute Gasteiger partial charge is 0.465 e. The molecule has 3 heterocycles. The number of aromatic nitrogens is 3. The molecule has 0 radical (unpaired) electrons. The number of hydrogen-bond acceptors (Lipinski definition) is 4. The lowest BCUT2D eigenvalue weighted by Crippen LogP contribution is -2.39. The number of carbonyl (C=O) groups is 2. The molecule has 1 atom stereocenters. The predicted molar refractivity (Wildman–Crippen MR) is 84.7 cm³/mol. The Kier molecular flexibility index (Phi) is 3.40. The van der Waals surface area contributed by atoms with Gasteiger partial charge in [0.2, 0.25) is 0 Å². The Hall–Kier alpha value is -2.64. The van der Waals surface area contributed by atoms with Gasteiger partial charge in [-0.2, -0.15) is 5.10 Å². The number of amides is 2. The number of rotatable bonds is 3. The summed E-state index contributed by atoms with van der Waals surface area (Å²) in [5, 5.41) is 16.2. The van der Waals surface area contributed by atoms with E-state index in [1.165, 1.54) is 4.90 Å². The molecular weight excluding hydrogens is 310 g/mol. The lowest BCUT2D eigenvalue weighted by atomic mass is 9.91. The molecule has 1 aliphatic heterocycles. The van der Waals surface area contributed by atoms with E-state index in [4.69, 9.17) is 5.11 Å². The third-order valence-corrected chi connectivity index (χ3v) is 5.39. The molecule has 2 aromatic rings. The average Bonchev–Trinajstić information content (AvgIpc) is 3.04. The number of carbonyl (C=O) groups excluding carboxylic acids is 1. The summed E-state index contributed by atoms with van der Waals surface area (Å²) in [6, 6.07) is 3.44. The van der Waals surface area contributed by atoms with Crippen LogP contribution < -0.4 is 5.32 Å². The summed E-state index contributed by atoms with van der Waals surface area (Å²) in [5.41, 5.74) is 1.30. The molecular formula is C16H19N5O3. The molecule has 126 valence electrons. The monoisotopic (exact) mass is 329 g/mol. The Labute approximate surface area is 138 Å². The zero-order valence-corrected chi connectivity index (χ0v) is 13.2. The Morgan fingerprint density at radius 2 is 2.12 bits per heavy atom. The summed E-state index contributed by atoms with van der Waals surface area (Å²) in [6.07, 6.45) is 5.35. The summed E-state index contributed by atoms with van der Waals surface area (Å²) < 4.78 is 1.58. The number of likely N-dealkylation sites (tertiary alicyclic amines) is 1. The third-order valence-electron chi connectivity index (χ3n) is 5.39. The molecule has 2 N–H and O–H groups in total. The van der Waals surface area contributed by atoms with Crippen molar-refractivity contribution in [2.45, 2.75) is 19.3 Å². The minimum Gasteiger partial charge on any atom is -0.465 e. The van der Waals surface area contributed by atoms with Crippen LogP contribution in [0, 0.1) is 11.3 Å². The lowest BCUT2D eigenvalue weighted by molar-refractivity contribution is 0.0940. The van der Waals surface area contributed by atoms with Crippen LogP contribution in [0.4, 0.5) is 4.79 Å². The van der Waals surface area contributed by atoms with Crippen molar-refractivity contribution in [3.63, 3.8) is 0 Å². The first-order valence-electron chi connectivity index (χ1n) is 8.14. The Balaban J connectivity index is 1.31. The predicted octanol–water partition coefficient (Wildman–Crippen LogP) is 1.24. The van der Waals surface area contributed by atoms with E-state index in [0.717, 1.165) is 19.3 Å². The first-order valence-corrected chi connectivity index (χ1v) is 8.14. The van der Waals surface area contributed by atoms with Gasteiger partial charge in [0.05, 0.1) is 0 Å². The first-order chi connectivity index (χ1) is 11.6. The molecule has 0 aromatic carbocycles. The number of carboxylic acid groups (broad SMARTS) is 1. The van der Waals surface area contributed by atoms with Crippen molar-refractivity contribution in [3.8, 4) is 0 Å². The van der Waals surface area contributed by atoms with Crippen molar-refractivity contribution in [1.82, 2.24) is 24.8 Å². The van der Waals surface area contributed by atoms with Gasteiger partial charge in [-0.1, -0.05) is 0 Å². The molecule has 4 rings (SSSR count). The van der Waals surface area contributed by atoms with Crippen LogP contribution in [0.2, 0.25) is 0 Å². The number of imidazole rings is 1. The molecule has 1 unspecified atom stereocenters. The van der Waals surface area contributed by atoms with E-state index < -0.39 is 6.09 Å². The molecule has 2 fully saturated rings. The van der Waals surface area contributed by atoms with Crippen LogP contribution in [-0.4, -0.2) is 56.2 Å². The number of nitrogens with zero attached hydrogens (tertiary/aromatic N) is 4. The maximum absolute atomic E-state index is 12.3. The maximum atomic E-state index is 12.3. The molecule has 24 heavy (non-hydrogen) atoms. The molecule has 0 bridgehead atoms. The minimum absolute atomic E-state index is 0.185. The second-order valence-corrected chi connectivity index (χ2v) is 6.69. The Bertz CT molecular complexity index is 794. The SMILES string of the molecule is O=C(NCC1CC12CCN(C(=O)O)CC2)c1ccc2nccn2n1. The van der Waals surface area contributed by atoms with Gasteiger partial charge < -0.3 is 15.3 Å². The number of nitrogens with one attached hydrogen (secondary N) is 1. The highest BCUT2D eigenvalue weighted by molar-refractivity contribution is 5.92. The molecule has 1 aliphatic carbocycles. The standard InChI is InChI=1S/C16H19N5O3/c22-14(12-1-2-13-17-5-8-21(13)19-12)18-10-11-9-16(11)3-6-20(7-4-16)15(23)24/h1-2,5,8,11H,3-4,6-7,9-10H2,(H,18,22)(H,23,24). The maximum Gasteiger partial charge on any atom is 0.407 e. The van der Waals surface area contributed by atoms with Gasteiger partial charge in [0.15, 0.2) is 5.65 Å². The summed E-state index contributed by atoms with van der Waals surface area (Å²) >= 11 is 0. The third kappa shape index (κ3) is 2.57. The normalized spacial score (nSPS) is 21.8. The van der Waals surface area contributed by atoms with E-state index in [-0.39, 0.29) is 11.3 Å². The van der Waals surface area contributed by atoms with Gasteiger partial charge in [-0.25, -0.2) is 14.3 Å². The van der Waals surface area contributed by atoms with Crippen molar-refractivity contribution >= 4 is 17.6 Å².